The fraction of sp³-hybridized carbons (Fsp3) is 1.00. The third-order valence-electron chi connectivity index (χ3n) is 2.36. The quantitative estimate of drug-likeness (QED) is 0.555. The third-order valence-corrected chi connectivity index (χ3v) is 2.36. The van der Waals surface area contributed by atoms with E-state index >= 15 is 0 Å². The Balaban J connectivity index is 2.91. The van der Waals surface area contributed by atoms with E-state index in [-0.39, 0.29) is 0 Å². The Morgan fingerprint density at radius 2 is 1.77 bits per heavy atom. The molecule has 0 aromatic carbocycles. The molecule has 0 aromatic rings. The highest BCUT2D eigenvalue weighted by Crippen LogP contribution is 1.95. The second-order valence-electron chi connectivity index (χ2n) is 3.71. The zero-order chi connectivity index (χ0) is 9.94. The normalized spacial score (nSPS) is 11.1. The van der Waals surface area contributed by atoms with Crippen LogP contribution in [0.15, 0.2) is 0 Å². The van der Waals surface area contributed by atoms with E-state index in [1.807, 2.05) is 0 Å². The fourth-order valence-electron chi connectivity index (χ4n) is 1.27. The Kier molecular flexibility index (Phi) is 9.94. The van der Waals surface area contributed by atoms with Gasteiger partial charge in [0.15, 0.2) is 0 Å². The minimum Gasteiger partial charge on any atom is -0.317 e. The van der Waals surface area contributed by atoms with Crippen LogP contribution in [-0.4, -0.2) is 38.1 Å². The lowest BCUT2D eigenvalue weighted by Crippen LogP contribution is -2.19. The Labute approximate surface area is 83.7 Å². The summed E-state index contributed by atoms with van der Waals surface area (Å²) in [6, 6.07) is 0. The smallest absolute Gasteiger partial charge is 0.00219 e. The van der Waals surface area contributed by atoms with Gasteiger partial charge in [0, 0.05) is 0 Å². The van der Waals surface area contributed by atoms with Gasteiger partial charge in [-0.05, 0) is 52.5 Å². The molecular weight excluding hydrogens is 160 g/mol. The van der Waals surface area contributed by atoms with Crippen LogP contribution in [0.4, 0.5) is 0 Å². The van der Waals surface area contributed by atoms with Crippen molar-refractivity contribution in [1.82, 2.24) is 10.2 Å². The largest absolute Gasteiger partial charge is 0.317 e. The van der Waals surface area contributed by atoms with E-state index in [9.17, 15) is 0 Å². The zero-order valence-electron chi connectivity index (χ0n) is 9.60. The molecule has 2 heteroatoms. The van der Waals surface area contributed by atoms with Crippen molar-refractivity contribution < 1.29 is 0 Å². The molecular formula is C11H26N2. The van der Waals surface area contributed by atoms with Crippen molar-refractivity contribution in [2.24, 2.45) is 0 Å². The lowest BCUT2D eigenvalue weighted by molar-refractivity contribution is 0.341. The van der Waals surface area contributed by atoms with E-state index in [0.717, 1.165) is 0 Å². The molecule has 0 fully saturated rings. The van der Waals surface area contributed by atoms with Gasteiger partial charge < -0.3 is 10.2 Å². The van der Waals surface area contributed by atoms with Crippen molar-refractivity contribution in [3.8, 4) is 0 Å². The lowest BCUT2D eigenvalue weighted by atomic mass is 10.2. The zero-order valence-corrected chi connectivity index (χ0v) is 9.60. The van der Waals surface area contributed by atoms with Crippen LogP contribution < -0.4 is 5.32 Å². The molecule has 0 aromatic heterocycles. The Morgan fingerprint density at radius 1 is 1.00 bits per heavy atom. The Bertz CT molecular complexity index is 94.1. The monoisotopic (exact) mass is 186 g/mol. The Hall–Kier alpha value is -0.0800. The number of nitrogens with zero attached hydrogens (tertiary/aromatic N) is 1. The molecule has 0 aliphatic carbocycles. The van der Waals surface area contributed by atoms with E-state index in [4.69, 9.17) is 0 Å². The van der Waals surface area contributed by atoms with E-state index in [1.165, 1.54) is 51.9 Å². The van der Waals surface area contributed by atoms with Crippen molar-refractivity contribution in [2.45, 2.75) is 39.5 Å². The molecule has 0 radical (unpaired) electrons. The summed E-state index contributed by atoms with van der Waals surface area (Å²) in [6.07, 6.45) is 5.29. The van der Waals surface area contributed by atoms with Gasteiger partial charge in [-0.3, -0.25) is 0 Å². The summed E-state index contributed by atoms with van der Waals surface area (Å²) in [5.74, 6) is 0. The molecule has 2 nitrogen and oxygen atoms in total. The SMILES string of the molecule is CCCNCCCCCN(C)CC. The summed E-state index contributed by atoms with van der Waals surface area (Å²) >= 11 is 0. The van der Waals surface area contributed by atoms with Gasteiger partial charge in [-0.15, -0.1) is 0 Å². The van der Waals surface area contributed by atoms with Crippen molar-refractivity contribution in [1.29, 1.82) is 0 Å². The predicted octanol–water partition coefficient (Wildman–Crippen LogP) is 2.11. The van der Waals surface area contributed by atoms with Crippen LogP contribution in [0, 0.1) is 0 Å². The van der Waals surface area contributed by atoms with Gasteiger partial charge in [-0.2, -0.15) is 0 Å². The van der Waals surface area contributed by atoms with Crippen LogP contribution in [0.1, 0.15) is 39.5 Å². The summed E-state index contributed by atoms with van der Waals surface area (Å²) in [7, 11) is 2.19. The second-order valence-corrected chi connectivity index (χ2v) is 3.71. The standard InChI is InChI=1S/C11H26N2/c1-4-9-12-10-7-6-8-11-13(3)5-2/h12H,4-11H2,1-3H3. The first-order valence-electron chi connectivity index (χ1n) is 5.70. The molecule has 0 spiro atoms. The molecule has 0 bridgehead atoms. The van der Waals surface area contributed by atoms with Crippen LogP contribution >= 0.6 is 0 Å². The molecule has 1 N–H and O–H groups in total. The molecule has 80 valence electrons. The molecule has 0 rings (SSSR count). The average Bonchev–Trinajstić information content (AvgIpc) is 2.16. The molecule has 0 saturated heterocycles. The van der Waals surface area contributed by atoms with Crippen LogP contribution in [0.3, 0.4) is 0 Å². The van der Waals surface area contributed by atoms with Crippen molar-refractivity contribution >= 4 is 0 Å². The van der Waals surface area contributed by atoms with Gasteiger partial charge in [0.1, 0.15) is 0 Å². The number of rotatable bonds is 9. The van der Waals surface area contributed by atoms with Crippen LogP contribution in [0.2, 0.25) is 0 Å². The maximum absolute atomic E-state index is 3.42. The minimum atomic E-state index is 1.17. The van der Waals surface area contributed by atoms with Gasteiger partial charge in [-0.1, -0.05) is 20.3 Å². The molecule has 0 aliphatic heterocycles. The summed E-state index contributed by atoms with van der Waals surface area (Å²) in [6.45, 7) is 9.23. The summed E-state index contributed by atoms with van der Waals surface area (Å²) < 4.78 is 0. The van der Waals surface area contributed by atoms with Crippen molar-refractivity contribution in [3.63, 3.8) is 0 Å². The molecule has 0 aliphatic rings. The van der Waals surface area contributed by atoms with Gasteiger partial charge in [-0.25, -0.2) is 0 Å². The average molecular weight is 186 g/mol. The first-order valence-corrected chi connectivity index (χ1v) is 5.70. The third kappa shape index (κ3) is 9.84. The number of nitrogens with one attached hydrogen (secondary N) is 1. The lowest BCUT2D eigenvalue weighted by Gasteiger charge is -2.12. The topological polar surface area (TPSA) is 15.3 Å². The van der Waals surface area contributed by atoms with Gasteiger partial charge in [0.2, 0.25) is 0 Å². The second kappa shape index (κ2) is 10.0. The highest BCUT2D eigenvalue weighted by Gasteiger charge is 1.93. The molecule has 0 unspecified atom stereocenters. The van der Waals surface area contributed by atoms with Gasteiger partial charge in [0.25, 0.3) is 0 Å². The summed E-state index contributed by atoms with van der Waals surface area (Å²) in [5.41, 5.74) is 0. The first kappa shape index (κ1) is 12.9. The van der Waals surface area contributed by atoms with E-state index in [2.05, 4.69) is 31.1 Å². The van der Waals surface area contributed by atoms with Crippen molar-refractivity contribution in [3.05, 3.63) is 0 Å². The minimum absolute atomic E-state index is 1.17. The Morgan fingerprint density at radius 3 is 2.38 bits per heavy atom. The fourth-order valence-corrected chi connectivity index (χ4v) is 1.27. The van der Waals surface area contributed by atoms with E-state index in [1.54, 1.807) is 0 Å². The number of hydrogen-bond donors (Lipinski definition) is 1. The van der Waals surface area contributed by atoms with Gasteiger partial charge in [0.05, 0.1) is 0 Å². The van der Waals surface area contributed by atoms with Gasteiger partial charge >= 0.3 is 0 Å². The first-order chi connectivity index (χ1) is 6.31. The molecule has 13 heavy (non-hydrogen) atoms. The number of hydrogen-bond acceptors (Lipinski definition) is 2. The maximum Gasteiger partial charge on any atom is -0.00219 e. The molecule has 0 atom stereocenters. The highest BCUT2D eigenvalue weighted by molar-refractivity contribution is 4.51. The van der Waals surface area contributed by atoms with Crippen LogP contribution in [-0.2, 0) is 0 Å². The van der Waals surface area contributed by atoms with E-state index < -0.39 is 0 Å². The van der Waals surface area contributed by atoms with Crippen molar-refractivity contribution in [2.75, 3.05) is 33.2 Å². The predicted molar refractivity (Wildman–Crippen MR) is 60.2 cm³/mol. The van der Waals surface area contributed by atoms with E-state index in [0.29, 0.717) is 0 Å². The summed E-state index contributed by atoms with van der Waals surface area (Å²) in [4.78, 5) is 2.37. The van der Waals surface area contributed by atoms with Crippen LogP contribution in [0.5, 0.6) is 0 Å². The molecule has 0 amide bonds. The highest BCUT2D eigenvalue weighted by atomic mass is 15.1. The molecule has 0 saturated carbocycles. The van der Waals surface area contributed by atoms with Crippen LogP contribution in [0.25, 0.3) is 0 Å². The summed E-state index contributed by atoms with van der Waals surface area (Å²) in [5, 5.41) is 3.42. The molecule has 0 heterocycles. The maximum atomic E-state index is 3.42. The number of unbranched alkanes of at least 4 members (excludes halogenated alkanes) is 2.